The van der Waals surface area contributed by atoms with Gasteiger partial charge in [0.15, 0.2) is 0 Å². The number of rotatable bonds is 5. The Morgan fingerprint density at radius 3 is 2.77 bits per heavy atom. The molecule has 2 aromatic carbocycles. The fourth-order valence-corrected chi connectivity index (χ4v) is 5.00. The van der Waals surface area contributed by atoms with E-state index in [0.29, 0.717) is 17.5 Å². The van der Waals surface area contributed by atoms with Crippen LogP contribution in [0.2, 0.25) is 5.02 Å². The molecule has 3 aromatic rings. The monoisotopic (exact) mass is 487 g/mol. The Labute approximate surface area is 209 Å². The van der Waals surface area contributed by atoms with Crippen LogP contribution in [0, 0.1) is 0 Å². The highest BCUT2D eigenvalue weighted by atomic mass is 35.5. The number of hydrogen-bond donors (Lipinski definition) is 2. The predicted molar refractivity (Wildman–Crippen MR) is 142 cm³/mol. The number of methoxy groups -OCH3 is 1. The minimum absolute atomic E-state index is 0.512. The summed E-state index contributed by atoms with van der Waals surface area (Å²) in [6, 6.07) is 14.0. The number of nitrogens with one attached hydrogen (secondary N) is 2. The van der Waals surface area contributed by atoms with Gasteiger partial charge >= 0.3 is 0 Å². The fraction of sp³-hybridized carbons (Fsp3) is 0.269. The summed E-state index contributed by atoms with van der Waals surface area (Å²) < 4.78 is 5.69. The van der Waals surface area contributed by atoms with Crippen LogP contribution in [0.15, 0.2) is 53.7 Å². The summed E-state index contributed by atoms with van der Waals surface area (Å²) in [7, 11) is 1.68. The zero-order chi connectivity index (χ0) is 23.8. The molecule has 0 amide bonds. The summed E-state index contributed by atoms with van der Waals surface area (Å²) in [6.07, 6.45) is 3.92. The largest absolute Gasteiger partial charge is 0.494 e. The van der Waals surface area contributed by atoms with Gasteiger partial charge in [0.25, 0.3) is 0 Å². The standard InChI is InChI=1S/C26H26ClN7O/c1-35-23-15-18(33-11-8-28-9-12-33)6-7-22(23)31-26-30-16-17-14-20(19-4-2-3-5-21(19)27)25-29-10-13-34(25)24(17)32-26/h2-7,14-16,28H,8-13H2,1H3,(H,30,31,32). The molecule has 3 aliphatic heterocycles. The molecule has 0 spiro atoms. The Morgan fingerprint density at radius 2 is 1.94 bits per heavy atom. The second-order valence-corrected chi connectivity index (χ2v) is 9.02. The lowest BCUT2D eigenvalue weighted by Gasteiger charge is -2.30. The summed E-state index contributed by atoms with van der Waals surface area (Å²) in [5, 5.41) is 7.44. The Hall–Kier alpha value is -3.62. The zero-order valence-corrected chi connectivity index (χ0v) is 20.2. The average Bonchev–Trinajstić information content (AvgIpc) is 3.40. The molecule has 6 rings (SSSR count). The third kappa shape index (κ3) is 4.09. The van der Waals surface area contributed by atoms with Gasteiger partial charge in [-0.3, -0.25) is 4.99 Å². The second kappa shape index (κ2) is 9.20. The topological polar surface area (TPSA) is 77.9 Å². The van der Waals surface area contributed by atoms with Crippen LogP contribution in [0.3, 0.4) is 0 Å². The first-order valence-corrected chi connectivity index (χ1v) is 12.2. The van der Waals surface area contributed by atoms with Gasteiger partial charge in [-0.2, -0.15) is 4.98 Å². The first-order chi connectivity index (χ1) is 17.2. The second-order valence-electron chi connectivity index (χ2n) is 8.61. The van der Waals surface area contributed by atoms with Gasteiger partial charge in [-0.05, 0) is 24.3 Å². The molecule has 0 saturated carbocycles. The molecule has 3 aliphatic rings. The van der Waals surface area contributed by atoms with Crippen molar-refractivity contribution < 1.29 is 4.74 Å². The molecular formula is C26H26ClN7O. The number of aromatic nitrogens is 2. The molecule has 1 fully saturated rings. The summed E-state index contributed by atoms with van der Waals surface area (Å²) in [5.41, 5.74) is 4.87. The van der Waals surface area contributed by atoms with E-state index in [1.807, 2.05) is 36.5 Å². The van der Waals surface area contributed by atoms with Gasteiger partial charge < -0.3 is 25.2 Å². The van der Waals surface area contributed by atoms with E-state index in [-0.39, 0.29) is 0 Å². The number of fused-ring (bicyclic) bond motifs is 3. The number of amidine groups is 1. The molecule has 0 aliphatic carbocycles. The minimum Gasteiger partial charge on any atom is -0.494 e. The lowest BCUT2D eigenvalue weighted by Crippen LogP contribution is -2.43. The summed E-state index contributed by atoms with van der Waals surface area (Å²) in [4.78, 5) is 18.7. The molecule has 178 valence electrons. The molecular weight excluding hydrogens is 462 g/mol. The first kappa shape index (κ1) is 21.9. The van der Waals surface area contributed by atoms with E-state index < -0.39 is 0 Å². The van der Waals surface area contributed by atoms with Gasteiger partial charge in [0, 0.05) is 72.4 Å². The Balaban J connectivity index is 1.31. The predicted octanol–water partition coefficient (Wildman–Crippen LogP) is 4.06. The van der Waals surface area contributed by atoms with E-state index in [2.05, 4.69) is 43.6 Å². The normalized spacial score (nSPS) is 16.9. The quantitative estimate of drug-likeness (QED) is 0.561. The van der Waals surface area contributed by atoms with Gasteiger partial charge in [0.2, 0.25) is 5.95 Å². The van der Waals surface area contributed by atoms with Crippen LogP contribution >= 0.6 is 11.6 Å². The first-order valence-electron chi connectivity index (χ1n) is 11.8. The number of piperazine rings is 1. The molecule has 9 heteroatoms. The van der Waals surface area contributed by atoms with Gasteiger partial charge in [0.05, 0.1) is 19.3 Å². The highest BCUT2D eigenvalue weighted by Crippen LogP contribution is 2.38. The average molecular weight is 488 g/mol. The van der Waals surface area contributed by atoms with Gasteiger partial charge in [-0.15, -0.1) is 0 Å². The summed E-state index contributed by atoms with van der Waals surface area (Å²) >= 11 is 6.51. The van der Waals surface area contributed by atoms with Crippen LogP contribution in [0.4, 0.5) is 23.1 Å². The maximum Gasteiger partial charge on any atom is 0.229 e. The van der Waals surface area contributed by atoms with Gasteiger partial charge in [0.1, 0.15) is 17.4 Å². The Kier molecular flexibility index (Phi) is 5.75. The lowest BCUT2D eigenvalue weighted by atomic mass is 9.98. The van der Waals surface area contributed by atoms with E-state index in [4.69, 9.17) is 26.3 Å². The molecule has 8 nitrogen and oxygen atoms in total. The van der Waals surface area contributed by atoms with Gasteiger partial charge in [-0.25, -0.2) is 4.98 Å². The minimum atomic E-state index is 0.512. The molecule has 0 atom stereocenters. The molecule has 2 N–H and O–H groups in total. The van der Waals surface area contributed by atoms with E-state index in [9.17, 15) is 0 Å². The molecule has 1 saturated heterocycles. The number of hydrogen-bond acceptors (Lipinski definition) is 8. The van der Waals surface area contributed by atoms with Crippen molar-refractivity contribution in [3.63, 3.8) is 0 Å². The zero-order valence-electron chi connectivity index (χ0n) is 19.5. The molecule has 1 aromatic heterocycles. The number of aliphatic imine (C=N–C) groups is 1. The number of halogens is 1. The van der Waals surface area contributed by atoms with E-state index >= 15 is 0 Å². The fourth-order valence-electron chi connectivity index (χ4n) is 4.77. The molecule has 35 heavy (non-hydrogen) atoms. The van der Waals surface area contributed by atoms with Crippen LogP contribution in [-0.2, 0) is 0 Å². The molecule has 0 radical (unpaired) electrons. The maximum atomic E-state index is 6.51. The number of ether oxygens (including phenoxy) is 1. The molecule has 0 bridgehead atoms. The smallest absolute Gasteiger partial charge is 0.229 e. The van der Waals surface area contributed by atoms with Crippen molar-refractivity contribution in [2.75, 3.05) is 61.5 Å². The van der Waals surface area contributed by atoms with Crippen LogP contribution in [0.1, 0.15) is 11.1 Å². The van der Waals surface area contributed by atoms with Crippen LogP contribution in [0.25, 0.3) is 11.6 Å². The Bertz CT molecular complexity index is 1330. The number of nitrogens with zero attached hydrogens (tertiary/aromatic N) is 5. The van der Waals surface area contributed by atoms with E-state index in [1.54, 1.807) is 7.11 Å². The van der Waals surface area contributed by atoms with Crippen molar-refractivity contribution >= 4 is 52.2 Å². The highest BCUT2D eigenvalue weighted by molar-refractivity contribution is 6.40. The number of anilines is 4. The van der Waals surface area contributed by atoms with Crippen LogP contribution in [0.5, 0.6) is 5.75 Å². The third-order valence-corrected chi connectivity index (χ3v) is 6.84. The number of benzene rings is 2. The van der Waals surface area contributed by atoms with Crippen LogP contribution in [-0.4, -0.2) is 62.2 Å². The van der Waals surface area contributed by atoms with Crippen molar-refractivity contribution in [3.8, 4) is 5.75 Å². The maximum absolute atomic E-state index is 6.51. The molecule has 4 heterocycles. The van der Waals surface area contributed by atoms with Crippen molar-refractivity contribution in [3.05, 3.63) is 64.8 Å². The summed E-state index contributed by atoms with van der Waals surface area (Å²) in [6.45, 7) is 5.41. The van der Waals surface area contributed by atoms with E-state index in [1.165, 1.54) is 0 Å². The third-order valence-electron chi connectivity index (χ3n) is 6.51. The van der Waals surface area contributed by atoms with E-state index in [0.717, 1.165) is 78.2 Å². The van der Waals surface area contributed by atoms with Crippen molar-refractivity contribution in [2.45, 2.75) is 0 Å². The molecule has 0 unspecified atom stereocenters. The van der Waals surface area contributed by atoms with Crippen molar-refractivity contribution in [2.24, 2.45) is 4.99 Å². The Morgan fingerprint density at radius 1 is 1.09 bits per heavy atom. The van der Waals surface area contributed by atoms with Gasteiger partial charge in [-0.1, -0.05) is 29.8 Å². The van der Waals surface area contributed by atoms with Crippen molar-refractivity contribution in [1.82, 2.24) is 15.3 Å². The lowest BCUT2D eigenvalue weighted by molar-refractivity contribution is 0.416. The van der Waals surface area contributed by atoms with Crippen LogP contribution < -0.4 is 25.2 Å². The SMILES string of the molecule is COc1cc(N2CCNCC2)ccc1Nc1ncc2c(n1)N1CCN=C1C(c1ccccc1Cl)=C2. The van der Waals surface area contributed by atoms with Crippen molar-refractivity contribution in [1.29, 1.82) is 0 Å². The highest BCUT2D eigenvalue weighted by Gasteiger charge is 2.31. The summed E-state index contributed by atoms with van der Waals surface area (Å²) in [5.74, 6) is 3.00.